The van der Waals surface area contributed by atoms with Crippen molar-refractivity contribution in [2.24, 2.45) is 0 Å². The molecule has 0 radical (unpaired) electrons. The van der Waals surface area contributed by atoms with Gasteiger partial charge in [-0.3, -0.25) is 14.9 Å². The standard InChI is InChI=1S/C25H23N3O5/c1-4-33-21-7-5-6-19(14-21)28-24(30)22(23(29)26-25(28)31)13-17-12-16(2)27(15-17)18-8-10-20(32-3)11-9-18/h5-15H,4H2,1-3H3,(H,26,29,31)/b22-13-. The number of anilines is 1. The number of barbiturate groups is 1. The number of ether oxygens (including phenoxy) is 2. The molecule has 1 fully saturated rings. The summed E-state index contributed by atoms with van der Waals surface area (Å²) in [6.07, 6.45) is 3.30. The molecule has 2 heterocycles. The van der Waals surface area contributed by atoms with Gasteiger partial charge in [-0.1, -0.05) is 6.07 Å². The maximum absolute atomic E-state index is 13.2. The van der Waals surface area contributed by atoms with E-state index in [9.17, 15) is 14.4 Å². The van der Waals surface area contributed by atoms with Crippen molar-refractivity contribution < 1.29 is 23.9 Å². The number of imide groups is 2. The monoisotopic (exact) mass is 445 g/mol. The van der Waals surface area contributed by atoms with E-state index in [1.54, 1.807) is 31.4 Å². The average Bonchev–Trinajstić information content (AvgIpc) is 3.17. The number of amides is 4. The predicted octanol–water partition coefficient (Wildman–Crippen LogP) is 3.86. The van der Waals surface area contributed by atoms with Gasteiger partial charge in [-0.25, -0.2) is 9.69 Å². The first-order valence-corrected chi connectivity index (χ1v) is 10.4. The van der Waals surface area contributed by atoms with Crippen LogP contribution in [0.15, 0.2) is 66.4 Å². The summed E-state index contributed by atoms with van der Waals surface area (Å²) in [5.74, 6) is -0.178. The fourth-order valence-electron chi connectivity index (χ4n) is 3.64. The van der Waals surface area contributed by atoms with Crippen LogP contribution >= 0.6 is 0 Å². The minimum Gasteiger partial charge on any atom is -0.497 e. The molecule has 0 spiro atoms. The molecule has 168 valence electrons. The number of carbonyl (C=O) groups is 3. The number of aryl methyl sites for hydroxylation is 1. The number of nitrogens with one attached hydrogen (secondary N) is 1. The lowest BCUT2D eigenvalue weighted by molar-refractivity contribution is -0.122. The lowest BCUT2D eigenvalue weighted by Crippen LogP contribution is -2.54. The molecule has 33 heavy (non-hydrogen) atoms. The van der Waals surface area contributed by atoms with E-state index in [0.29, 0.717) is 23.6 Å². The maximum Gasteiger partial charge on any atom is 0.335 e. The van der Waals surface area contributed by atoms with Crippen molar-refractivity contribution in [1.29, 1.82) is 0 Å². The highest BCUT2D eigenvalue weighted by Crippen LogP contribution is 2.26. The van der Waals surface area contributed by atoms with E-state index in [2.05, 4.69) is 5.32 Å². The molecule has 1 aliphatic rings. The molecule has 1 N–H and O–H groups in total. The summed E-state index contributed by atoms with van der Waals surface area (Å²) in [4.78, 5) is 39.1. The van der Waals surface area contributed by atoms with Crippen LogP contribution in [0.4, 0.5) is 10.5 Å². The van der Waals surface area contributed by atoms with Gasteiger partial charge in [0.15, 0.2) is 0 Å². The second-order valence-electron chi connectivity index (χ2n) is 7.37. The molecule has 8 heteroatoms. The zero-order chi connectivity index (χ0) is 23.5. The predicted molar refractivity (Wildman–Crippen MR) is 124 cm³/mol. The number of aromatic nitrogens is 1. The number of nitrogens with zero attached hydrogens (tertiary/aromatic N) is 2. The summed E-state index contributed by atoms with van der Waals surface area (Å²) in [6.45, 7) is 4.20. The quantitative estimate of drug-likeness (QED) is 0.460. The third kappa shape index (κ3) is 4.36. The Hall–Kier alpha value is -4.33. The van der Waals surface area contributed by atoms with E-state index in [0.717, 1.165) is 22.0 Å². The molecule has 4 rings (SSSR count). The average molecular weight is 445 g/mol. The van der Waals surface area contributed by atoms with Crippen LogP contribution in [0, 0.1) is 6.92 Å². The summed E-state index contributed by atoms with van der Waals surface area (Å²) in [6, 6.07) is 15.2. The van der Waals surface area contributed by atoms with Crippen LogP contribution in [0.25, 0.3) is 11.8 Å². The molecule has 0 saturated carbocycles. The number of rotatable bonds is 6. The van der Waals surface area contributed by atoms with Gasteiger partial charge in [0.1, 0.15) is 17.1 Å². The highest BCUT2D eigenvalue weighted by Gasteiger charge is 2.37. The summed E-state index contributed by atoms with van der Waals surface area (Å²) >= 11 is 0. The van der Waals surface area contributed by atoms with Crippen molar-refractivity contribution in [2.75, 3.05) is 18.6 Å². The van der Waals surface area contributed by atoms with E-state index in [-0.39, 0.29) is 5.57 Å². The highest BCUT2D eigenvalue weighted by atomic mass is 16.5. The molecular formula is C25H23N3O5. The number of benzene rings is 2. The first-order valence-electron chi connectivity index (χ1n) is 10.4. The number of methoxy groups -OCH3 is 1. The van der Waals surface area contributed by atoms with Crippen LogP contribution in [0.1, 0.15) is 18.2 Å². The lowest BCUT2D eigenvalue weighted by atomic mass is 10.1. The maximum atomic E-state index is 13.2. The van der Waals surface area contributed by atoms with Crippen LogP contribution in [0.3, 0.4) is 0 Å². The Bertz CT molecular complexity index is 1260. The molecule has 1 aliphatic heterocycles. The van der Waals surface area contributed by atoms with Gasteiger partial charge in [-0.05, 0) is 68.0 Å². The first kappa shape index (κ1) is 21.9. The molecule has 0 aliphatic carbocycles. The van der Waals surface area contributed by atoms with Gasteiger partial charge >= 0.3 is 6.03 Å². The van der Waals surface area contributed by atoms with Crippen LogP contribution in [-0.2, 0) is 9.59 Å². The Kier molecular flexibility index (Phi) is 5.99. The molecular weight excluding hydrogens is 422 g/mol. The molecule has 8 nitrogen and oxygen atoms in total. The Morgan fingerprint density at radius 2 is 1.73 bits per heavy atom. The Balaban J connectivity index is 1.67. The second-order valence-corrected chi connectivity index (χ2v) is 7.37. The second kappa shape index (κ2) is 9.04. The number of hydrogen-bond donors (Lipinski definition) is 1. The molecule has 2 aromatic carbocycles. The molecule has 1 aromatic heterocycles. The topological polar surface area (TPSA) is 89.9 Å². The van der Waals surface area contributed by atoms with Crippen LogP contribution in [0.2, 0.25) is 0 Å². The highest BCUT2D eigenvalue weighted by molar-refractivity contribution is 6.39. The summed E-state index contributed by atoms with van der Waals surface area (Å²) < 4.78 is 12.6. The van der Waals surface area contributed by atoms with Crippen molar-refractivity contribution >= 4 is 29.6 Å². The molecule has 0 atom stereocenters. The first-order chi connectivity index (χ1) is 15.9. The van der Waals surface area contributed by atoms with Gasteiger partial charge in [-0.2, -0.15) is 0 Å². The van der Waals surface area contributed by atoms with E-state index in [4.69, 9.17) is 9.47 Å². The normalized spacial score (nSPS) is 15.1. The Labute approximate surface area is 191 Å². The Morgan fingerprint density at radius 1 is 0.970 bits per heavy atom. The van der Waals surface area contributed by atoms with Crippen molar-refractivity contribution in [3.05, 3.63) is 77.6 Å². The van der Waals surface area contributed by atoms with Crippen molar-refractivity contribution in [3.8, 4) is 17.2 Å². The number of urea groups is 1. The van der Waals surface area contributed by atoms with E-state index < -0.39 is 17.8 Å². The fourth-order valence-corrected chi connectivity index (χ4v) is 3.64. The minimum absolute atomic E-state index is 0.136. The Morgan fingerprint density at radius 3 is 2.42 bits per heavy atom. The van der Waals surface area contributed by atoms with E-state index >= 15 is 0 Å². The van der Waals surface area contributed by atoms with Gasteiger partial charge in [0.2, 0.25) is 0 Å². The van der Waals surface area contributed by atoms with Gasteiger partial charge < -0.3 is 14.0 Å². The van der Waals surface area contributed by atoms with Crippen LogP contribution in [0.5, 0.6) is 11.5 Å². The minimum atomic E-state index is -0.803. The zero-order valence-corrected chi connectivity index (χ0v) is 18.5. The molecule has 1 saturated heterocycles. The van der Waals surface area contributed by atoms with Gasteiger partial charge in [-0.15, -0.1) is 0 Å². The SMILES string of the molecule is CCOc1cccc(N2C(=O)NC(=O)/C(=C/c3cc(C)n(-c4ccc(OC)cc4)c3)C2=O)c1. The van der Waals surface area contributed by atoms with E-state index in [1.807, 2.05) is 54.9 Å². The zero-order valence-electron chi connectivity index (χ0n) is 18.5. The molecule has 4 amide bonds. The van der Waals surface area contributed by atoms with Crippen molar-refractivity contribution in [3.63, 3.8) is 0 Å². The summed E-state index contributed by atoms with van der Waals surface area (Å²) in [5.41, 5.74) is 2.64. The third-order valence-corrected chi connectivity index (χ3v) is 5.18. The van der Waals surface area contributed by atoms with Crippen LogP contribution in [-0.4, -0.2) is 36.1 Å². The summed E-state index contributed by atoms with van der Waals surface area (Å²) in [5, 5.41) is 2.24. The smallest absolute Gasteiger partial charge is 0.335 e. The molecule has 3 aromatic rings. The molecule has 0 bridgehead atoms. The van der Waals surface area contributed by atoms with E-state index in [1.165, 1.54) is 6.08 Å². The van der Waals surface area contributed by atoms with Gasteiger partial charge in [0.05, 0.1) is 19.4 Å². The van der Waals surface area contributed by atoms with Gasteiger partial charge in [0.25, 0.3) is 11.8 Å². The van der Waals surface area contributed by atoms with Crippen molar-refractivity contribution in [2.45, 2.75) is 13.8 Å². The third-order valence-electron chi connectivity index (χ3n) is 5.18. The van der Waals surface area contributed by atoms with Gasteiger partial charge in [0, 0.05) is 23.6 Å². The number of carbonyl (C=O) groups excluding carboxylic acids is 3. The lowest BCUT2D eigenvalue weighted by Gasteiger charge is -2.26. The van der Waals surface area contributed by atoms with Crippen molar-refractivity contribution in [1.82, 2.24) is 9.88 Å². The van der Waals surface area contributed by atoms with Crippen LogP contribution < -0.4 is 19.7 Å². The largest absolute Gasteiger partial charge is 0.497 e. The fraction of sp³-hybridized carbons (Fsp3) is 0.160. The number of hydrogen-bond acceptors (Lipinski definition) is 5. The molecule has 0 unspecified atom stereocenters. The summed E-state index contributed by atoms with van der Waals surface area (Å²) in [7, 11) is 1.60.